The van der Waals surface area contributed by atoms with Gasteiger partial charge in [0.05, 0.1) is 26.6 Å². The van der Waals surface area contributed by atoms with Crippen molar-refractivity contribution in [1.82, 2.24) is 4.31 Å². The number of nitrogens with one attached hydrogen (secondary N) is 1. The van der Waals surface area contributed by atoms with Gasteiger partial charge in [0.2, 0.25) is 15.9 Å². The van der Waals surface area contributed by atoms with Crippen LogP contribution in [0.1, 0.15) is 18.4 Å². The maximum Gasteiger partial charge on any atom is 0.271 e. The third kappa shape index (κ3) is 5.48. The second-order valence-electron chi connectivity index (χ2n) is 7.00. The third-order valence-electron chi connectivity index (χ3n) is 4.81. The molecule has 0 unspecified atom stereocenters. The summed E-state index contributed by atoms with van der Waals surface area (Å²) in [5.41, 5.74) is 0.667. The van der Waals surface area contributed by atoms with Crippen molar-refractivity contribution in [3.63, 3.8) is 0 Å². The Hall–Kier alpha value is -2.20. The van der Waals surface area contributed by atoms with Crippen molar-refractivity contribution in [1.29, 1.82) is 0 Å². The first kappa shape index (κ1) is 22.5. The van der Waals surface area contributed by atoms with Gasteiger partial charge < -0.3 is 5.32 Å². The van der Waals surface area contributed by atoms with Crippen LogP contribution >= 0.6 is 23.2 Å². The normalized spacial score (nSPS) is 17.5. The minimum absolute atomic E-state index is 0.0460. The van der Waals surface area contributed by atoms with Crippen molar-refractivity contribution < 1.29 is 18.1 Å². The van der Waals surface area contributed by atoms with Crippen molar-refractivity contribution in [3.05, 3.63) is 68.2 Å². The van der Waals surface area contributed by atoms with Crippen LogP contribution in [0.2, 0.25) is 10.0 Å². The van der Waals surface area contributed by atoms with Gasteiger partial charge in [-0.15, -0.1) is 0 Å². The molecule has 1 atom stereocenters. The van der Waals surface area contributed by atoms with Crippen LogP contribution in [0, 0.1) is 16.0 Å². The zero-order chi connectivity index (χ0) is 21.9. The number of hydrogen-bond acceptors (Lipinski definition) is 5. The van der Waals surface area contributed by atoms with Gasteiger partial charge in [-0.2, -0.15) is 0 Å². The highest BCUT2D eigenvalue weighted by Gasteiger charge is 2.32. The summed E-state index contributed by atoms with van der Waals surface area (Å²) in [7, 11) is -3.66. The molecule has 3 rings (SSSR count). The summed E-state index contributed by atoms with van der Waals surface area (Å²) < 4.78 is 27.0. The van der Waals surface area contributed by atoms with E-state index in [0.29, 0.717) is 35.7 Å². The monoisotopic (exact) mass is 471 g/mol. The van der Waals surface area contributed by atoms with Crippen molar-refractivity contribution in [2.75, 3.05) is 18.4 Å². The van der Waals surface area contributed by atoms with E-state index in [-0.39, 0.29) is 28.9 Å². The lowest BCUT2D eigenvalue weighted by molar-refractivity contribution is -0.384. The van der Waals surface area contributed by atoms with E-state index in [1.807, 2.05) is 0 Å². The molecule has 0 aliphatic carbocycles. The molecule has 0 aromatic heterocycles. The fourth-order valence-corrected chi connectivity index (χ4v) is 5.20. The van der Waals surface area contributed by atoms with Crippen molar-refractivity contribution in [3.8, 4) is 0 Å². The Kier molecular flexibility index (Phi) is 6.97. The number of benzene rings is 2. The Morgan fingerprint density at radius 1 is 1.20 bits per heavy atom. The number of nitrogens with zero attached hydrogens (tertiary/aromatic N) is 2. The van der Waals surface area contributed by atoms with E-state index in [0.717, 1.165) is 0 Å². The van der Waals surface area contributed by atoms with Crippen LogP contribution in [-0.2, 0) is 20.6 Å². The van der Waals surface area contributed by atoms with Gasteiger partial charge in [-0.3, -0.25) is 14.9 Å². The second kappa shape index (κ2) is 9.30. The van der Waals surface area contributed by atoms with Crippen LogP contribution in [0.15, 0.2) is 42.5 Å². The molecule has 1 amide bonds. The molecule has 2 aromatic carbocycles. The number of halogens is 2. The van der Waals surface area contributed by atoms with E-state index < -0.39 is 20.9 Å². The Morgan fingerprint density at radius 2 is 1.97 bits per heavy atom. The average molecular weight is 472 g/mol. The lowest BCUT2D eigenvalue weighted by atomic mass is 9.98. The van der Waals surface area contributed by atoms with E-state index in [9.17, 15) is 23.3 Å². The predicted molar refractivity (Wildman–Crippen MR) is 115 cm³/mol. The topological polar surface area (TPSA) is 110 Å². The maximum absolute atomic E-state index is 12.8. The van der Waals surface area contributed by atoms with Gasteiger partial charge in [-0.05, 0) is 36.6 Å². The molecule has 0 bridgehead atoms. The van der Waals surface area contributed by atoms with Crippen LogP contribution in [0.5, 0.6) is 0 Å². The quantitative estimate of drug-likeness (QED) is 0.503. The van der Waals surface area contributed by atoms with Crippen molar-refractivity contribution >= 4 is 50.5 Å². The number of rotatable bonds is 6. The zero-order valence-electron chi connectivity index (χ0n) is 15.8. The molecule has 1 aliphatic heterocycles. The summed E-state index contributed by atoms with van der Waals surface area (Å²) >= 11 is 11.8. The zero-order valence-corrected chi connectivity index (χ0v) is 18.1. The number of non-ortho nitro benzene ring substituents is 1. The Balaban J connectivity index is 1.67. The number of carbonyl (C=O) groups is 1. The summed E-state index contributed by atoms with van der Waals surface area (Å²) in [4.78, 5) is 23.0. The molecule has 2 aromatic rings. The fraction of sp³-hybridized carbons (Fsp3) is 0.316. The lowest BCUT2D eigenvalue weighted by Crippen LogP contribution is -2.44. The molecule has 160 valence electrons. The Labute approximate surface area is 184 Å². The van der Waals surface area contributed by atoms with E-state index >= 15 is 0 Å². The van der Waals surface area contributed by atoms with E-state index in [2.05, 4.69) is 5.32 Å². The SMILES string of the molecule is O=C(Nc1cccc([N+](=O)[O-])c1)[C@H]1CCCN(S(=O)(=O)Cc2ccc(Cl)c(Cl)c2)C1. The number of nitro benzene ring substituents is 1. The average Bonchev–Trinajstić information content (AvgIpc) is 2.71. The number of sulfonamides is 1. The Morgan fingerprint density at radius 3 is 2.67 bits per heavy atom. The molecule has 0 radical (unpaired) electrons. The molecule has 0 spiro atoms. The number of piperidine rings is 1. The van der Waals surface area contributed by atoms with Crippen molar-refractivity contribution in [2.45, 2.75) is 18.6 Å². The largest absolute Gasteiger partial charge is 0.326 e. The molecular weight excluding hydrogens is 453 g/mol. The molecule has 1 heterocycles. The Bertz CT molecular complexity index is 1080. The minimum Gasteiger partial charge on any atom is -0.326 e. The molecule has 1 aliphatic rings. The van der Waals surface area contributed by atoms with Gasteiger partial charge >= 0.3 is 0 Å². The fourth-order valence-electron chi connectivity index (χ4n) is 3.28. The summed E-state index contributed by atoms with van der Waals surface area (Å²) in [6.45, 7) is 0.370. The minimum atomic E-state index is -3.66. The molecular formula is C19H19Cl2N3O5S. The van der Waals surface area contributed by atoms with Gasteiger partial charge in [0.15, 0.2) is 0 Å². The number of nitro groups is 1. The highest BCUT2D eigenvalue weighted by atomic mass is 35.5. The molecule has 11 heteroatoms. The summed E-state index contributed by atoms with van der Waals surface area (Å²) in [6, 6.07) is 10.3. The first-order chi connectivity index (χ1) is 14.2. The van der Waals surface area contributed by atoms with Crippen molar-refractivity contribution in [2.24, 2.45) is 5.92 Å². The number of carbonyl (C=O) groups excluding carboxylic acids is 1. The smallest absolute Gasteiger partial charge is 0.271 e. The second-order valence-corrected chi connectivity index (χ2v) is 9.78. The highest BCUT2D eigenvalue weighted by molar-refractivity contribution is 7.88. The van der Waals surface area contributed by atoms with Crippen LogP contribution in [0.3, 0.4) is 0 Å². The first-order valence-corrected chi connectivity index (χ1v) is 11.5. The predicted octanol–water partition coefficient (Wildman–Crippen LogP) is 4.08. The summed E-state index contributed by atoms with van der Waals surface area (Å²) in [5, 5.41) is 14.1. The lowest BCUT2D eigenvalue weighted by Gasteiger charge is -2.31. The van der Waals surface area contributed by atoms with Crippen LogP contribution in [0.25, 0.3) is 0 Å². The molecule has 1 saturated heterocycles. The molecule has 30 heavy (non-hydrogen) atoms. The van der Waals surface area contributed by atoms with Crippen LogP contribution < -0.4 is 5.32 Å². The summed E-state index contributed by atoms with van der Waals surface area (Å²) in [6.07, 6.45) is 1.06. The standard InChI is InChI=1S/C19H19Cl2N3O5S/c20-17-7-6-13(9-18(17)21)12-30(28,29)23-8-2-3-14(11-23)19(25)22-15-4-1-5-16(10-15)24(26)27/h1,4-7,9-10,14H,2-3,8,11-12H2,(H,22,25)/t14-/m0/s1. The van der Waals surface area contributed by atoms with E-state index in [4.69, 9.17) is 23.2 Å². The van der Waals surface area contributed by atoms with Crippen LogP contribution in [-0.4, -0.2) is 36.6 Å². The first-order valence-electron chi connectivity index (χ1n) is 9.13. The number of anilines is 1. The molecule has 1 N–H and O–H groups in total. The summed E-state index contributed by atoms with van der Waals surface area (Å²) in [5.74, 6) is -1.17. The highest BCUT2D eigenvalue weighted by Crippen LogP contribution is 2.27. The molecule has 8 nitrogen and oxygen atoms in total. The molecule has 1 fully saturated rings. The number of hydrogen-bond donors (Lipinski definition) is 1. The van der Waals surface area contributed by atoms with Gasteiger partial charge in [-0.25, -0.2) is 12.7 Å². The number of amides is 1. The van der Waals surface area contributed by atoms with Gasteiger partial charge in [0.1, 0.15) is 0 Å². The van der Waals surface area contributed by atoms with Gasteiger partial charge in [0.25, 0.3) is 5.69 Å². The molecule has 0 saturated carbocycles. The maximum atomic E-state index is 12.8. The van der Waals surface area contributed by atoms with Gasteiger partial charge in [0, 0.05) is 30.9 Å². The van der Waals surface area contributed by atoms with Gasteiger partial charge in [-0.1, -0.05) is 35.3 Å². The van der Waals surface area contributed by atoms with E-state index in [1.165, 1.54) is 28.6 Å². The van der Waals surface area contributed by atoms with Crippen LogP contribution in [0.4, 0.5) is 11.4 Å². The van der Waals surface area contributed by atoms with E-state index in [1.54, 1.807) is 18.2 Å². The third-order valence-corrected chi connectivity index (χ3v) is 7.36.